The van der Waals surface area contributed by atoms with Crippen molar-refractivity contribution in [1.29, 1.82) is 0 Å². The molecule has 0 aliphatic carbocycles. The van der Waals surface area contributed by atoms with Gasteiger partial charge in [0, 0.05) is 19.7 Å². The maximum atomic E-state index is 5.70. The summed E-state index contributed by atoms with van der Waals surface area (Å²) < 4.78 is 11.0. The minimum Gasteiger partial charge on any atom is -0.493 e. The van der Waals surface area contributed by atoms with E-state index < -0.39 is 0 Å². The van der Waals surface area contributed by atoms with Gasteiger partial charge in [-0.3, -0.25) is 4.99 Å². The monoisotopic (exact) mass is 358 g/mol. The lowest BCUT2D eigenvalue weighted by atomic mass is 10.1. The van der Waals surface area contributed by atoms with E-state index in [2.05, 4.69) is 60.6 Å². The molecule has 1 aromatic carbocycles. The van der Waals surface area contributed by atoms with Crippen LogP contribution in [0.5, 0.6) is 5.75 Å². The molecule has 142 valence electrons. The van der Waals surface area contributed by atoms with Gasteiger partial charge >= 0.3 is 0 Å². The summed E-state index contributed by atoms with van der Waals surface area (Å²) in [4.78, 5) is 4.23. The standard InChI is InChI=1S/C20H30N4O2/c1-14(2)13-25-17-8-6-16(7-9-17)11-22-20(21-5)23-12-18-10-19(15(3)4)24-26-18/h6-10,14-15H,11-13H2,1-5H3,(H2,21,22,23). The van der Waals surface area contributed by atoms with E-state index in [9.17, 15) is 0 Å². The molecule has 0 radical (unpaired) electrons. The Kier molecular flexibility index (Phi) is 7.51. The number of aromatic nitrogens is 1. The van der Waals surface area contributed by atoms with Crippen LogP contribution in [0, 0.1) is 5.92 Å². The number of guanidine groups is 1. The fourth-order valence-corrected chi connectivity index (χ4v) is 2.23. The van der Waals surface area contributed by atoms with E-state index >= 15 is 0 Å². The molecule has 6 nitrogen and oxygen atoms in total. The van der Waals surface area contributed by atoms with Crippen LogP contribution in [0.25, 0.3) is 0 Å². The van der Waals surface area contributed by atoms with E-state index in [-0.39, 0.29) is 0 Å². The average Bonchev–Trinajstić information content (AvgIpc) is 3.10. The Morgan fingerprint density at radius 3 is 2.38 bits per heavy atom. The largest absolute Gasteiger partial charge is 0.493 e. The van der Waals surface area contributed by atoms with Crippen LogP contribution in [0.15, 0.2) is 39.8 Å². The SMILES string of the molecule is CN=C(NCc1ccc(OCC(C)C)cc1)NCc1cc(C(C)C)no1. The van der Waals surface area contributed by atoms with Crippen LogP contribution in [0.2, 0.25) is 0 Å². The zero-order valence-corrected chi connectivity index (χ0v) is 16.4. The highest BCUT2D eigenvalue weighted by molar-refractivity contribution is 5.79. The van der Waals surface area contributed by atoms with Gasteiger partial charge in [0.05, 0.1) is 18.8 Å². The Bertz CT molecular complexity index is 690. The van der Waals surface area contributed by atoms with Crippen LogP contribution in [-0.4, -0.2) is 24.8 Å². The molecule has 6 heteroatoms. The maximum Gasteiger partial charge on any atom is 0.191 e. The van der Waals surface area contributed by atoms with Crippen molar-refractivity contribution in [3.05, 3.63) is 47.3 Å². The van der Waals surface area contributed by atoms with Crippen molar-refractivity contribution in [2.75, 3.05) is 13.7 Å². The number of aliphatic imine (C=N–C) groups is 1. The Morgan fingerprint density at radius 2 is 1.81 bits per heavy atom. The average molecular weight is 358 g/mol. The Balaban J connectivity index is 1.79. The number of hydrogen-bond acceptors (Lipinski definition) is 4. The minimum atomic E-state index is 0.359. The lowest BCUT2D eigenvalue weighted by Gasteiger charge is -2.12. The van der Waals surface area contributed by atoms with E-state index in [0.717, 1.165) is 29.4 Å². The van der Waals surface area contributed by atoms with E-state index in [4.69, 9.17) is 9.26 Å². The lowest BCUT2D eigenvalue weighted by molar-refractivity contribution is 0.271. The van der Waals surface area contributed by atoms with Crippen molar-refractivity contribution in [1.82, 2.24) is 15.8 Å². The number of hydrogen-bond donors (Lipinski definition) is 2. The highest BCUT2D eigenvalue weighted by Gasteiger charge is 2.08. The number of rotatable bonds is 8. The molecule has 2 aromatic rings. The molecule has 0 saturated heterocycles. The number of nitrogens with one attached hydrogen (secondary N) is 2. The summed E-state index contributed by atoms with van der Waals surface area (Å²) in [5.41, 5.74) is 2.12. The summed E-state index contributed by atoms with van der Waals surface area (Å²) in [7, 11) is 1.75. The van der Waals surface area contributed by atoms with Gasteiger partial charge in [-0.25, -0.2) is 0 Å². The van der Waals surface area contributed by atoms with E-state index in [1.54, 1.807) is 7.05 Å². The third kappa shape index (κ3) is 6.43. The van der Waals surface area contributed by atoms with Gasteiger partial charge in [-0.05, 0) is 29.5 Å². The van der Waals surface area contributed by atoms with Crippen LogP contribution in [0.1, 0.15) is 50.6 Å². The first-order valence-electron chi connectivity index (χ1n) is 9.09. The predicted octanol–water partition coefficient (Wildman–Crippen LogP) is 3.70. The zero-order valence-electron chi connectivity index (χ0n) is 16.4. The molecule has 26 heavy (non-hydrogen) atoms. The minimum absolute atomic E-state index is 0.359. The van der Waals surface area contributed by atoms with Gasteiger partial charge in [0.25, 0.3) is 0 Å². The number of ether oxygens (including phenoxy) is 1. The van der Waals surface area contributed by atoms with Crippen molar-refractivity contribution < 1.29 is 9.26 Å². The van der Waals surface area contributed by atoms with E-state index in [1.165, 1.54) is 0 Å². The summed E-state index contributed by atoms with van der Waals surface area (Å²) >= 11 is 0. The molecule has 0 bridgehead atoms. The molecule has 0 amide bonds. The first-order chi connectivity index (χ1) is 12.5. The first kappa shape index (κ1) is 19.8. The van der Waals surface area contributed by atoms with Crippen molar-refractivity contribution in [2.24, 2.45) is 10.9 Å². The van der Waals surface area contributed by atoms with Gasteiger partial charge in [-0.2, -0.15) is 0 Å². The molecule has 0 aliphatic rings. The summed E-state index contributed by atoms with van der Waals surface area (Å²) in [5, 5.41) is 10.6. The van der Waals surface area contributed by atoms with Gasteiger partial charge in [-0.15, -0.1) is 0 Å². The molecule has 0 fully saturated rings. The highest BCUT2D eigenvalue weighted by Crippen LogP contribution is 2.14. The fraction of sp³-hybridized carbons (Fsp3) is 0.500. The third-order valence-electron chi connectivity index (χ3n) is 3.79. The molecule has 1 heterocycles. The summed E-state index contributed by atoms with van der Waals surface area (Å²) in [6.07, 6.45) is 0. The van der Waals surface area contributed by atoms with E-state index in [0.29, 0.717) is 30.9 Å². The molecule has 0 atom stereocenters. The lowest BCUT2D eigenvalue weighted by Crippen LogP contribution is -2.36. The molecule has 2 rings (SSSR count). The van der Waals surface area contributed by atoms with Crippen LogP contribution in [-0.2, 0) is 13.1 Å². The maximum absolute atomic E-state index is 5.70. The van der Waals surface area contributed by atoms with Crippen LogP contribution < -0.4 is 15.4 Å². The summed E-state index contributed by atoms with van der Waals surface area (Å²) in [5.74, 6) is 3.29. The summed E-state index contributed by atoms with van der Waals surface area (Å²) in [6.45, 7) is 10.4. The molecule has 0 spiro atoms. The quantitative estimate of drug-likeness (QED) is 0.556. The fourth-order valence-electron chi connectivity index (χ4n) is 2.23. The van der Waals surface area contributed by atoms with Crippen LogP contribution in [0.3, 0.4) is 0 Å². The van der Waals surface area contributed by atoms with Crippen molar-refractivity contribution in [3.63, 3.8) is 0 Å². The van der Waals surface area contributed by atoms with Crippen LogP contribution in [0.4, 0.5) is 0 Å². The Labute approximate surface area is 156 Å². The smallest absolute Gasteiger partial charge is 0.191 e. The van der Waals surface area contributed by atoms with Gasteiger partial charge in [0.2, 0.25) is 0 Å². The second-order valence-electron chi connectivity index (χ2n) is 7.00. The zero-order chi connectivity index (χ0) is 18.9. The predicted molar refractivity (Wildman–Crippen MR) is 104 cm³/mol. The second-order valence-corrected chi connectivity index (χ2v) is 7.00. The Hall–Kier alpha value is -2.50. The normalized spacial score (nSPS) is 11.9. The molecular formula is C20H30N4O2. The van der Waals surface area contributed by atoms with Gasteiger partial charge in [0.1, 0.15) is 5.75 Å². The van der Waals surface area contributed by atoms with Gasteiger partial charge < -0.3 is 19.9 Å². The second kappa shape index (κ2) is 9.85. The molecule has 0 aliphatic heterocycles. The van der Waals surface area contributed by atoms with Crippen molar-refractivity contribution in [2.45, 2.75) is 46.7 Å². The number of benzene rings is 1. The highest BCUT2D eigenvalue weighted by atomic mass is 16.5. The van der Waals surface area contributed by atoms with Crippen molar-refractivity contribution in [3.8, 4) is 5.75 Å². The summed E-state index contributed by atoms with van der Waals surface area (Å²) in [6, 6.07) is 10.1. The topological polar surface area (TPSA) is 71.7 Å². The van der Waals surface area contributed by atoms with Crippen molar-refractivity contribution >= 4 is 5.96 Å². The van der Waals surface area contributed by atoms with Gasteiger partial charge in [0.15, 0.2) is 11.7 Å². The van der Waals surface area contributed by atoms with E-state index in [1.807, 2.05) is 18.2 Å². The molecule has 1 aromatic heterocycles. The Morgan fingerprint density at radius 1 is 1.12 bits per heavy atom. The molecule has 0 saturated carbocycles. The van der Waals surface area contributed by atoms with Crippen LogP contribution >= 0.6 is 0 Å². The first-order valence-corrected chi connectivity index (χ1v) is 9.09. The molecule has 2 N–H and O–H groups in total. The van der Waals surface area contributed by atoms with Gasteiger partial charge in [-0.1, -0.05) is 45.0 Å². The molecular weight excluding hydrogens is 328 g/mol. The molecule has 0 unspecified atom stereocenters. The third-order valence-corrected chi connectivity index (χ3v) is 3.79. The number of nitrogens with zero attached hydrogens (tertiary/aromatic N) is 2.